The Hall–Kier alpha value is -2.21. The molecular weight excluding hydrogens is 332 g/mol. The number of pyridine rings is 1. The Labute approximate surface area is 130 Å². The van der Waals surface area contributed by atoms with Crippen molar-refractivity contribution in [2.75, 3.05) is 5.32 Å². The summed E-state index contributed by atoms with van der Waals surface area (Å²) in [6, 6.07) is 9.53. The molecule has 1 amide bonds. The van der Waals surface area contributed by atoms with Crippen molar-refractivity contribution in [3.8, 4) is 0 Å². The molecule has 0 bridgehead atoms. The fourth-order valence-corrected chi connectivity index (χ4v) is 2.57. The second kappa shape index (κ2) is 5.65. The lowest BCUT2D eigenvalue weighted by atomic mass is 10.3. The van der Waals surface area contributed by atoms with Crippen molar-refractivity contribution in [2.45, 2.75) is 13.5 Å². The maximum absolute atomic E-state index is 12.3. The number of aromatic nitrogens is 3. The Morgan fingerprint density at radius 1 is 1.33 bits per heavy atom. The topological polar surface area (TPSA) is 59.8 Å². The van der Waals surface area contributed by atoms with E-state index in [4.69, 9.17) is 0 Å². The van der Waals surface area contributed by atoms with E-state index in [-0.39, 0.29) is 5.91 Å². The molecule has 0 unspecified atom stereocenters. The van der Waals surface area contributed by atoms with Crippen LogP contribution in [0.25, 0.3) is 11.0 Å². The molecule has 3 rings (SSSR count). The number of amides is 1. The van der Waals surface area contributed by atoms with Gasteiger partial charge in [-0.15, -0.1) is 0 Å². The Morgan fingerprint density at radius 2 is 2.14 bits per heavy atom. The predicted octanol–water partition coefficient (Wildman–Crippen LogP) is 3.47. The van der Waals surface area contributed by atoms with Crippen LogP contribution in [0, 0.1) is 0 Å². The van der Waals surface area contributed by atoms with E-state index in [1.54, 1.807) is 12.3 Å². The number of anilines is 1. The van der Waals surface area contributed by atoms with Crippen LogP contribution >= 0.6 is 15.9 Å². The molecule has 0 radical (unpaired) electrons. The van der Waals surface area contributed by atoms with Gasteiger partial charge in [0, 0.05) is 23.4 Å². The highest BCUT2D eigenvalue weighted by Gasteiger charge is 2.13. The van der Waals surface area contributed by atoms with E-state index >= 15 is 0 Å². The fourth-order valence-electron chi connectivity index (χ4n) is 2.20. The van der Waals surface area contributed by atoms with Crippen molar-refractivity contribution >= 4 is 38.8 Å². The average Bonchev–Trinajstić information content (AvgIpc) is 2.84. The van der Waals surface area contributed by atoms with E-state index < -0.39 is 0 Å². The molecule has 0 saturated heterocycles. The molecular formula is C15H13BrN4O. The summed E-state index contributed by atoms with van der Waals surface area (Å²) < 4.78 is 2.73. The van der Waals surface area contributed by atoms with Crippen LogP contribution in [0.2, 0.25) is 0 Å². The van der Waals surface area contributed by atoms with Crippen molar-refractivity contribution < 1.29 is 4.79 Å². The minimum Gasteiger partial charge on any atom is -0.310 e. The highest BCUT2D eigenvalue weighted by molar-refractivity contribution is 9.10. The SMILES string of the molecule is CCn1c(NC(=O)c2cncc(Br)c2)nc2ccccc21. The largest absolute Gasteiger partial charge is 0.310 e. The van der Waals surface area contributed by atoms with Crippen LogP contribution in [0.15, 0.2) is 47.2 Å². The third kappa shape index (κ3) is 2.67. The van der Waals surface area contributed by atoms with Gasteiger partial charge < -0.3 is 4.57 Å². The van der Waals surface area contributed by atoms with Crippen molar-refractivity contribution in [3.63, 3.8) is 0 Å². The molecule has 0 atom stereocenters. The van der Waals surface area contributed by atoms with Crippen molar-refractivity contribution in [3.05, 3.63) is 52.8 Å². The highest BCUT2D eigenvalue weighted by Crippen LogP contribution is 2.20. The van der Waals surface area contributed by atoms with Gasteiger partial charge in [0.15, 0.2) is 0 Å². The zero-order chi connectivity index (χ0) is 14.8. The lowest BCUT2D eigenvalue weighted by Gasteiger charge is -2.07. The smallest absolute Gasteiger partial charge is 0.259 e. The molecule has 1 aromatic carbocycles. The minimum atomic E-state index is -0.228. The molecule has 0 fully saturated rings. The summed E-state index contributed by atoms with van der Waals surface area (Å²) in [7, 11) is 0. The number of hydrogen-bond acceptors (Lipinski definition) is 3. The maximum atomic E-state index is 12.3. The van der Waals surface area contributed by atoms with Crippen LogP contribution in [-0.2, 0) is 6.54 Å². The lowest BCUT2D eigenvalue weighted by molar-refractivity contribution is 0.102. The molecule has 21 heavy (non-hydrogen) atoms. The molecule has 5 nitrogen and oxygen atoms in total. The van der Waals surface area contributed by atoms with Gasteiger partial charge in [0.25, 0.3) is 5.91 Å². The van der Waals surface area contributed by atoms with E-state index in [1.165, 1.54) is 6.20 Å². The quantitative estimate of drug-likeness (QED) is 0.791. The average molecular weight is 345 g/mol. The number of carbonyl (C=O) groups is 1. The van der Waals surface area contributed by atoms with E-state index in [2.05, 4.69) is 31.2 Å². The minimum absolute atomic E-state index is 0.228. The van der Waals surface area contributed by atoms with Crippen LogP contribution < -0.4 is 5.32 Å². The van der Waals surface area contributed by atoms with Gasteiger partial charge in [0.2, 0.25) is 5.95 Å². The first kappa shape index (κ1) is 13.8. The Morgan fingerprint density at radius 3 is 2.90 bits per heavy atom. The normalized spacial score (nSPS) is 10.8. The molecule has 2 heterocycles. The summed E-state index contributed by atoms with van der Waals surface area (Å²) in [5.41, 5.74) is 2.35. The number of imidazole rings is 1. The third-order valence-electron chi connectivity index (χ3n) is 3.16. The van der Waals surface area contributed by atoms with E-state index in [9.17, 15) is 4.79 Å². The molecule has 2 aromatic heterocycles. The van der Waals surface area contributed by atoms with E-state index in [0.717, 1.165) is 22.1 Å². The third-order valence-corrected chi connectivity index (χ3v) is 3.60. The van der Waals surface area contributed by atoms with Gasteiger partial charge in [-0.1, -0.05) is 12.1 Å². The van der Waals surface area contributed by atoms with Crippen LogP contribution in [-0.4, -0.2) is 20.4 Å². The van der Waals surface area contributed by atoms with Gasteiger partial charge in [-0.2, -0.15) is 0 Å². The van der Waals surface area contributed by atoms with Crippen molar-refractivity contribution in [2.24, 2.45) is 0 Å². The number of para-hydroxylation sites is 2. The monoisotopic (exact) mass is 344 g/mol. The summed E-state index contributed by atoms with van der Waals surface area (Å²) in [5, 5.41) is 2.85. The summed E-state index contributed by atoms with van der Waals surface area (Å²) >= 11 is 3.31. The molecule has 0 aliphatic carbocycles. The number of hydrogen-bond donors (Lipinski definition) is 1. The summed E-state index contributed by atoms with van der Waals surface area (Å²) in [6.07, 6.45) is 3.16. The zero-order valence-corrected chi connectivity index (χ0v) is 13.0. The Bertz CT molecular complexity index is 812. The highest BCUT2D eigenvalue weighted by atomic mass is 79.9. The molecule has 3 aromatic rings. The number of aryl methyl sites for hydroxylation is 1. The maximum Gasteiger partial charge on any atom is 0.259 e. The van der Waals surface area contributed by atoms with Gasteiger partial charge in [-0.25, -0.2) is 4.98 Å². The number of nitrogens with one attached hydrogen (secondary N) is 1. The van der Waals surface area contributed by atoms with Crippen LogP contribution in [0.1, 0.15) is 17.3 Å². The number of carbonyl (C=O) groups excluding carboxylic acids is 1. The van der Waals surface area contributed by atoms with Crippen molar-refractivity contribution in [1.82, 2.24) is 14.5 Å². The molecule has 0 aliphatic rings. The van der Waals surface area contributed by atoms with Gasteiger partial charge >= 0.3 is 0 Å². The van der Waals surface area contributed by atoms with Gasteiger partial charge in [-0.05, 0) is 41.1 Å². The summed E-state index contributed by atoms with van der Waals surface area (Å²) in [6.45, 7) is 2.75. The molecule has 0 saturated carbocycles. The molecule has 106 valence electrons. The number of benzene rings is 1. The molecule has 6 heteroatoms. The zero-order valence-electron chi connectivity index (χ0n) is 11.4. The molecule has 1 N–H and O–H groups in total. The van der Waals surface area contributed by atoms with E-state index in [1.807, 2.05) is 35.8 Å². The van der Waals surface area contributed by atoms with Gasteiger partial charge in [0.1, 0.15) is 0 Å². The van der Waals surface area contributed by atoms with Crippen LogP contribution in [0.3, 0.4) is 0 Å². The van der Waals surface area contributed by atoms with Crippen LogP contribution in [0.5, 0.6) is 0 Å². The molecule has 0 aliphatic heterocycles. The van der Waals surface area contributed by atoms with Crippen LogP contribution in [0.4, 0.5) is 5.95 Å². The van der Waals surface area contributed by atoms with Gasteiger partial charge in [0.05, 0.1) is 16.6 Å². The standard InChI is InChI=1S/C15H13BrN4O/c1-2-20-13-6-4-3-5-12(13)18-15(20)19-14(21)10-7-11(16)9-17-8-10/h3-9H,2H2,1H3,(H,18,19,21). The number of nitrogens with zero attached hydrogens (tertiary/aromatic N) is 3. The lowest BCUT2D eigenvalue weighted by Crippen LogP contribution is -2.16. The first-order valence-corrected chi connectivity index (χ1v) is 7.35. The second-order valence-electron chi connectivity index (χ2n) is 4.51. The second-order valence-corrected chi connectivity index (χ2v) is 5.43. The first-order valence-electron chi connectivity index (χ1n) is 6.56. The summed E-state index contributed by atoms with van der Waals surface area (Å²) in [5.74, 6) is 0.317. The fraction of sp³-hybridized carbons (Fsp3) is 0.133. The van der Waals surface area contributed by atoms with Crippen molar-refractivity contribution in [1.29, 1.82) is 0 Å². The summed E-state index contributed by atoms with van der Waals surface area (Å²) in [4.78, 5) is 20.8. The predicted molar refractivity (Wildman–Crippen MR) is 85.3 cm³/mol. The first-order chi connectivity index (χ1) is 10.2. The number of rotatable bonds is 3. The Balaban J connectivity index is 1.96. The van der Waals surface area contributed by atoms with Gasteiger partial charge in [-0.3, -0.25) is 15.1 Å². The Kier molecular flexibility index (Phi) is 3.70. The number of fused-ring (bicyclic) bond motifs is 1. The van der Waals surface area contributed by atoms with E-state index in [0.29, 0.717) is 11.5 Å². The number of halogens is 1. The molecule has 0 spiro atoms.